The van der Waals surface area contributed by atoms with E-state index in [1.54, 1.807) is 30.3 Å². The van der Waals surface area contributed by atoms with Gasteiger partial charge in [0.2, 0.25) is 5.91 Å². The van der Waals surface area contributed by atoms with Gasteiger partial charge in [-0.15, -0.1) is 0 Å². The lowest BCUT2D eigenvalue weighted by Gasteiger charge is -2.18. The van der Waals surface area contributed by atoms with Gasteiger partial charge in [0.05, 0.1) is 28.5 Å². The van der Waals surface area contributed by atoms with Gasteiger partial charge in [-0.1, -0.05) is 54.6 Å². The summed E-state index contributed by atoms with van der Waals surface area (Å²) in [5, 5.41) is 2.80. The zero-order valence-corrected chi connectivity index (χ0v) is 19.7. The van der Waals surface area contributed by atoms with Crippen molar-refractivity contribution in [2.75, 3.05) is 11.1 Å². The first kappa shape index (κ1) is 23.1. The van der Waals surface area contributed by atoms with E-state index in [0.717, 1.165) is 33.5 Å². The molecule has 5 aromatic rings. The van der Waals surface area contributed by atoms with Crippen LogP contribution in [-0.2, 0) is 4.79 Å². The van der Waals surface area contributed by atoms with Gasteiger partial charge >= 0.3 is 0 Å². The molecule has 0 saturated heterocycles. The lowest BCUT2D eigenvalue weighted by Crippen LogP contribution is -2.09. The Bertz CT molecular complexity index is 1570. The number of nitrogen functional groups attached to an aromatic ring is 1. The Morgan fingerprint density at radius 1 is 0.972 bits per heavy atom. The van der Waals surface area contributed by atoms with Crippen LogP contribution in [0.15, 0.2) is 103 Å². The largest absolute Gasteiger partial charge is 0.397 e. The first-order valence-corrected chi connectivity index (χ1v) is 11.7. The monoisotopic (exact) mass is 476 g/mol. The average molecular weight is 477 g/mol. The molecular formula is C30H25FN4O. The molecule has 1 amide bonds. The second kappa shape index (κ2) is 9.88. The number of fused-ring (bicyclic) bond motifs is 1. The van der Waals surface area contributed by atoms with Gasteiger partial charge < -0.3 is 15.6 Å². The van der Waals surface area contributed by atoms with Crippen LogP contribution in [0.5, 0.6) is 0 Å². The Balaban J connectivity index is 1.48. The third-order valence-corrected chi connectivity index (χ3v) is 6.13. The first-order valence-electron chi connectivity index (χ1n) is 11.7. The molecule has 0 bridgehead atoms. The fraction of sp³-hybridized carbons (Fsp3) is 0.0667. The number of hydrogen-bond acceptors (Lipinski definition) is 3. The third kappa shape index (κ3) is 4.74. The van der Waals surface area contributed by atoms with E-state index in [-0.39, 0.29) is 17.8 Å². The Kier molecular flexibility index (Phi) is 6.33. The molecule has 5 nitrogen and oxygen atoms in total. The van der Waals surface area contributed by atoms with Gasteiger partial charge in [-0.25, -0.2) is 9.37 Å². The highest BCUT2D eigenvalue weighted by Crippen LogP contribution is 2.32. The zero-order valence-electron chi connectivity index (χ0n) is 19.7. The summed E-state index contributed by atoms with van der Waals surface area (Å²) in [4.78, 5) is 17.4. The van der Waals surface area contributed by atoms with Gasteiger partial charge in [0.15, 0.2) is 0 Å². The highest BCUT2D eigenvalue weighted by Gasteiger charge is 2.18. The van der Waals surface area contributed by atoms with Gasteiger partial charge in [-0.3, -0.25) is 4.79 Å². The summed E-state index contributed by atoms with van der Waals surface area (Å²) in [6.45, 7) is 2.08. The number of carbonyl (C=O) groups excluding carboxylic acids is 1. The molecule has 0 aliphatic carbocycles. The Morgan fingerprint density at radius 3 is 2.53 bits per heavy atom. The van der Waals surface area contributed by atoms with E-state index in [2.05, 4.69) is 16.8 Å². The summed E-state index contributed by atoms with van der Waals surface area (Å²) in [6.07, 6.45) is 3.24. The zero-order chi connectivity index (χ0) is 25.1. The molecule has 178 valence electrons. The molecule has 0 unspecified atom stereocenters. The minimum absolute atomic E-state index is 0.0747. The Hall–Kier alpha value is -4.71. The molecule has 6 heteroatoms. The number of benzene rings is 4. The van der Waals surface area contributed by atoms with Crippen LogP contribution >= 0.6 is 0 Å². The molecule has 5 rings (SSSR count). The minimum Gasteiger partial charge on any atom is -0.397 e. The SMILES string of the molecule is C[C@H](c1ccc(F)cc1)n1c(-c2cccc(/C=C\C(=O)Nc3ccccc3N)c2)nc2ccccc21. The molecule has 0 fully saturated rings. The first-order chi connectivity index (χ1) is 17.5. The van der Waals surface area contributed by atoms with E-state index in [1.807, 2.05) is 60.7 Å². The summed E-state index contributed by atoms with van der Waals surface area (Å²) in [5.74, 6) is 0.264. The quantitative estimate of drug-likeness (QED) is 0.212. The molecular weight excluding hydrogens is 451 g/mol. The predicted molar refractivity (Wildman–Crippen MR) is 144 cm³/mol. The summed E-state index contributed by atoms with van der Waals surface area (Å²) in [6, 6.07) is 29.4. The van der Waals surface area contributed by atoms with Crippen LogP contribution < -0.4 is 11.1 Å². The minimum atomic E-state index is -0.268. The number of nitrogens with one attached hydrogen (secondary N) is 1. The van der Waals surface area contributed by atoms with Gasteiger partial charge in [0.1, 0.15) is 11.6 Å². The molecule has 4 aromatic carbocycles. The van der Waals surface area contributed by atoms with Crippen molar-refractivity contribution in [2.45, 2.75) is 13.0 Å². The van der Waals surface area contributed by atoms with Crippen molar-refractivity contribution in [3.8, 4) is 11.4 Å². The van der Waals surface area contributed by atoms with Gasteiger partial charge in [0, 0.05) is 11.6 Å². The molecule has 0 saturated carbocycles. The van der Waals surface area contributed by atoms with Crippen molar-refractivity contribution in [1.82, 2.24) is 9.55 Å². The van der Waals surface area contributed by atoms with E-state index in [9.17, 15) is 9.18 Å². The van der Waals surface area contributed by atoms with E-state index in [0.29, 0.717) is 11.4 Å². The van der Waals surface area contributed by atoms with Crippen molar-refractivity contribution < 1.29 is 9.18 Å². The number of aromatic nitrogens is 2. The fourth-order valence-electron chi connectivity index (χ4n) is 4.27. The van der Waals surface area contributed by atoms with Crippen LogP contribution in [0.2, 0.25) is 0 Å². The maximum Gasteiger partial charge on any atom is 0.248 e. The standard InChI is InChI=1S/C30H25FN4O/c1-20(22-14-16-24(31)17-15-22)35-28-12-5-4-11-27(28)34-30(35)23-8-6-7-21(19-23)13-18-29(36)33-26-10-3-2-9-25(26)32/h2-20H,32H2,1H3,(H,33,36)/b18-13-/t20-/m1/s1. The van der Waals surface area contributed by atoms with E-state index in [4.69, 9.17) is 10.7 Å². The average Bonchev–Trinajstić information content (AvgIpc) is 3.29. The maximum atomic E-state index is 13.5. The van der Waals surface area contributed by atoms with Crippen LogP contribution in [0, 0.1) is 5.82 Å². The highest BCUT2D eigenvalue weighted by molar-refractivity contribution is 6.03. The topological polar surface area (TPSA) is 72.9 Å². The number of para-hydroxylation sites is 4. The summed E-state index contributed by atoms with van der Waals surface area (Å²) in [5.41, 5.74) is 11.6. The number of imidazole rings is 1. The molecule has 0 aliphatic rings. The van der Waals surface area contributed by atoms with Gasteiger partial charge in [-0.05, 0) is 66.6 Å². The highest BCUT2D eigenvalue weighted by atomic mass is 19.1. The van der Waals surface area contributed by atoms with Crippen LogP contribution in [0.1, 0.15) is 24.1 Å². The molecule has 1 atom stereocenters. The van der Waals surface area contributed by atoms with Crippen LogP contribution in [0.25, 0.3) is 28.5 Å². The number of carbonyl (C=O) groups is 1. The van der Waals surface area contributed by atoms with Crippen molar-refractivity contribution in [1.29, 1.82) is 0 Å². The van der Waals surface area contributed by atoms with Gasteiger partial charge in [-0.2, -0.15) is 0 Å². The predicted octanol–water partition coefficient (Wildman–Crippen LogP) is 6.69. The molecule has 1 heterocycles. The number of anilines is 2. The lowest BCUT2D eigenvalue weighted by atomic mass is 10.1. The number of rotatable bonds is 6. The Morgan fingerprint density at radius 2 is 1.72 bits per heavy atom. The maximum absolute atomic E-state index is 13.5. The summed E-state index contributed by atoms with van der Waals surface area (Å²) < 4.78 is 15.7. The second-order valence-electron chi connectivity index (χ2n) is 8.56. The van der Waals surface area contributed by atoms with Crippen molar-refractivity contribution >= 4 is 34.4 Å². The second-order valence-corrected chi connectivity index (χ2v) is 8.56. The van der Waals surface area contributed by atoms with Crippen LogP contribution in [0.4, 0.5) is 15.8 Å². The molecule has 0 spiro atoms. The smallest absolute Gasteiger partial charge is 0.248 e. The summed E-state index contributed by atoms with van der Waals surface area (Å²) >= 11 is 0. The van der Waals surface area contributed by atoms with E-state index >= 15 is 0 Å². The number of nitrogens with two attached hydrogens (primary N) is 1. The number of hydrogen-bond donors (Lipinski definition) is 2. The van der Waals surface area contributed by atoms with Crippen molar-refractivity contribution in [3.63, 3.8) is 0 Å². The molecule has 3 N–H and O–H groups in total. The number of amides is 1. The van der Waals surface area contributed by atoms with E-state index < -0.39 is 0 Å². The lowest BCUT2D eigenvalue weighted by molar-refractivity contribution is -0.111. The molecule has 36 heavy (non-hydrogen) atoms. The normalized spacial score (nSPS) is 12.2. The van der Waals surface area contributed by atoms with Crippen molar-refractivity contribution in [2.24, 2.45) is 0 Å². The number of nitrogens with zero attached hydrogens (tertiary/aromatic N) is 2. The fourth-order valence-corrected chi connectivity index (χ4v) is 4.27. The molecule has 0 radical (unpaired) electrons. The molecule has 1 aromatic heterocycles. The van der Waals surface area contributed by atoms with Crippen LogP contribution in [-0.4, -0.2) is 15.5 Å². The van der Waals surface area contributed by atoms with Crippen LogP contribution in [0.3, 0.4) is 0 Å². The van der Waals surface area contributed by atoms with E-state index in [1.165, 1.54) is 18.2 Å². The summed E-state index contributed by atoms with van der Waals surface area (Å²) in [7, 11) is 0. The molecule has 0 aliphatic heterocycles. The van der Waals surface area contributed by atoms with Crippen molar-refractivity contribution in [3.05, 3.63) is 120 Å². The van der Waals surface area contributed by atoms with Gasteiger partial charge in [0.25, 0.3) is 0 Å². The number of halogens is 1. The Labute approximate surface area is 208 Å². The third-order valence-electron chi connectivity index (χ3n) is 6.13.